The van der Waals surface area contributed by atoms with Gasteiger partial charge in [-0.2, -0.15) is 0 Å². The Morgan fingerprint density at radius 2 is 1.89 bits per heavy atom. The molecule has 2 bridgehead atoms. The Labute approximate surface area is 111 Å². The molecule has 3 nitrogen and oxygen atoms in total. The molecule has 1 N–H and O–H groups in total. The average Bonchev–Trinajstić information content (AvgIpc) is 2.83. The van der Waals surface area contributed by atoms with Crippen molar-refractivity contribution < 1.29 is 8.42 Å². The maximum Gasteiger partial charge on any atom is 0.151 e. The quantitative estimate of drug-likeness (QED) is 0.835. The fourth-order valence-electron chi connectivity index (χ4n) is 4.88. The van der Waals surface area contributed by atoms with Crippen LogP contribution in [0.2, 0.25) is 0 Å². The van der Waals surface area contributed by atoms with Crippen molar-refractivity contribution in [1.29, 1.82) is 0 Å². The van der Waals surface area contributed by atoms with Crippen LogP contribution in [0.1, 0.15) is 46.5 Å². The first-order valence-electron chi connectivity index (χ1n) is 7.19. The van der Waals surface area contributed by atoms with Gasteiger partial charge in [0.25, 0.3) is 0 Å². The van der Waals surface area contributed by atoms with Crippen LogP contribution in [0, 0.1) is 16.7 Å². The van der Waals surface area contributed by atoms with Crippen LogP contribution in [0.5, 0.6) is 0 Å². The minimum Gasteiger partial charge on any atom is -0.309 e. The third-order valence-corrected chi connectivity index (χ3v) is 7.67. The van der Waals surface area contributed by atoms with Crippen molar-refractivity contribution in [2.75, 3.05) is 11.5 Å². The summed E-state index contributed by atoms with van der Waals surface area (Å²) >= 11 is 0. The topological polar surface area (TPSA) is 46.2 Å². The minimum absolute atomic E-state index is 0.190. The van der Waals surface area contributed by atoms with E-state index in [9.17, 15) is 8.42 Å². The summed E-state index contributed by atoms with van der Waals surface area (Å²) in [6.07, 6.45) is 4.77. The molecule has 18 heavy (non-hydrogen) atoms. The van der Waals surface area contributed by atoms with Gasteiger partial charge in [-0.15, -0.1) is 0 Å². The Balaban J connectivity index is 1.77. The smallest absolute Gasteiger partial charge is 0.151 e. The zero-order valence-corrected chi connectivity index (χ0v) is 12.5. The summed E-state index contributed by atoms with van der Waals surface area (Å²) in [7, 11) is -2.77. The van der Waals surface area contributed by atoms with Crippen molar-refractivity contribution in [3.63, 3.8) is 0 Å². The Hall–Kier alpha value is -0.0900. The Morgan fingerprint density at radius 3 is 2.39 bits per heavy atom. The third kappa shape index (κ3) is 1.83. The van der Waals surface area contributed by atoms with Crippen molar-refractivity contribution in [2.45, 2.75) is 58.5 Å². The van der Waals surface area contributed by atoms with Gasteiger partial charge in [0, 0.05) is 12.1 Å². The zero-order valence-electron chi connectivity index (χ0n) is 11.7. The van der Waals surface area contributed by atoms with Crippen LogP contribution in [-0.4, -0.2) is 32.0 Å². The van der Waals surface area contributed by atoms with Crippen molar-refractivity contribution in [3.05, 3.63) is 0 Å². The number of fused-ring (bicyclic) bond motifs is 2. The monoisotopic (exact) mass is 271 g/mol. The molecule has 1 saturated heterocycles. The lowest BCUT2D eigenvalue weighted by atomic mass is 9.68. The van der Waals surface area contributed by atoms with Gasteiger partial charge in [-0.1, -0.05) is 20.8 Å². The molecule has 2 aliphatic carbocycles. The normalized spacial score (nSPS) is 48.7. The van der Waals surface area contributed by atoms with E-state index in [0.717, 1.165) is 12.3 Å². The lowest BCUT2D eigenvalue weighted by Crippen LogP contribution is -2.54. The minimum atomic E-state index is -2.77. The van der Waals surface area contributed by atoms with Gasteiger partial charge in [-0.05, 0) is 42.4 Å². The molecule has 0 radical (unpaired) electrons. The van der Waals surface area contributed by atoms with Gasteiger partial charge in [0.2, 0.25) is 0 Å². The summed E-state index contributed by atoms with van der Waals surface area (Å²) in [6, 6.07) is 0.678. The highest BCUT2D eigenvalue weighted by molar-refractivity contribution is 7.91. The Bertz CT molecular complexity index is 452. The molecule has 0 amide bonds. The van der Waals surface area contributed by atoms with Crippen LogP contribution in [0.25, 0.3) is 0 Å². The molecule has 1 aliphatic heterocycles. The number of sulfone groups is 1. The van der Waals surface area contributed by atoms with Crippen molar-refractivity contribution >= 4 is 9.84 Å². The first kappa shape index (κ1) is 12.9. The van der Waals surface area contributed by atoms with Gasteiger partial charge >= 0.3 is 0 Å². The molecule has 4 heteroatoms. The lowest BCUT2D eigenvalue weighted by molar-refractivity contribution is 0.101. The van der Waals surface area contributed by atoms with Crippen LogP contribution in [0.4, 0.5) is 0 Å². The van der Waals surface area contributed by atoms with Crippen LogP contribution >= 0.6 is 0 Å². The van der Waals surface area contributed by atoms with Crippen LogP contribution < -0.4 is 5.32 Å². The fraction of sp³-hybridized carbons (Fsp3) is 1.00. The van der Waals surface area contributed by atoms with E-state index < -0.39 is 9.84 Å². The molecule has 0 spiro atoms. The van der Waals surface area contributed by atoms with E-state index in [4.69, 9.17) is 0 Å². The molecule has 3 aliphatic rings. The molecule has 0 aromatic carbocycles. The van der Waals surface area contributed by atoms with E-state index in [1.807, 2.05) is 0 Å². The van der Waals surface area contributed by atoms with E-state index >= 15 is 0 Å². The predicted molar refractivity (Wildman–Crippen MR) is 73.2 cm³/mol. The van der Waals surface area contributed by atoms with Crippen molar-refractivity contribution in [3.8, 4) is 0 Å². The standard InChI is InChI=1S/C14H25NO2S/c1-13(2)10-4-6-14(3,8-10)12(13)15-11-5-7-18(16,17)9-11/h10-12,15H,4-9H2,1-3H3/t10-,11?,12?,14+/m0/s1. The second-order valence-electron chi connectivity index (χ2n) is 7.61. The molecule has 1 heterocycles. The summed E-state index contributed by atoms with van der Waals surface area (Å²) in [5.74, 6) is 1.54. The van der Waals surface area contributed by atoms with Crippen LogP contribution in [0.15, 0.2) is 0 Å². The van der Waals surface area contributed by atoms with E-state index in [1.165, 1.54) is 19.3 Å². The lowest BCUT2D eigenvalue weighted by Gasteiger charge is -2.44. The summed E-state index contributed by atoms with van der Waals surface area (Å²) < 4.78 is 23.2. The van der Waals surface area contributed by atoms with E-state index in [1.54, 1.807) is 0 Å². The molecular weight excluding hydrogens is 246 g/mol. The van der Waals surface area contributed by atoms with Gasteiger partial charge in [0.15, 0.2) is 9.84 Å². The van der Waals surface area contributed by atoms with Gasteiger partial charge in [-0.25, -0.2) is 8.42 Å². The molecule has 3 fully saturated rings. The van der Waals surface area contributed by atoms with E-state index in [0.29, 0.717) is 28.4 Å². The zero-order chi connectivity index (χ0) is 13.2. The van der Waals surface area contributed by atoms with Gasteiger partial charge < -0.3 is 5.32 Å². The molecular formula is C14H25NO2S. The van der Waals surface area contributed by atoms with Gasteiger partial charge in [-0.3, -0.25) is 0 Å². The highest BCUT2D eigenvalue weighted by atomic mass is 32.2. The number of hydrogen-bond acceptors (Lipinski definition) is 3. The summed E-state index contributed by atoms with van der Waals surface area (Å²) in [6.45, 7) is 7.12. The molecule has 104 valence electrons. The first-order chi connectivity index (χ1) is 8.23. The summed E-state index contributed by atoms with van der Waals surface area (Å²) in [5, 5.41) is 3.72. The van der Waals surface area contributed by atoms with Gasteiger partial charge in [0.1, 0.15) is 0 Å². The van der Waals surface area contributed by atoms with Crippen LogP contribution in [-0.2, 0) is 9.84 Å². The average molecular weight is 271 g/mol. The largest absolute Gasteiger partial charge is 0.309 e. The third-order valence-electron chi connectivity index (χ3n) is 5.90. The summed E-state index contributed by atoms with van der Waals surface area (Å²) in [5.41, 5.74) is 0.708. The fourth-order valence-corrected chi connectivity index (χ4v) is 6.57. The van der Waals surface area contributed by atoms with Crippen molar-refractivity contribution in [2.24, 2.45) is 16.7 Å². The molecule has 3 rings (SSSR count). The van der Waals surface area contributed by atoms with Crippen LogP contribution in [0.3, 0.4) is 0 Å². The van der Waals surface area contributed by atoms with Gasteiger partial charge in [0.05, 0.1) is 11.5 Å². The number of nitrogens with one attached hydrogen (secondary N) is 1. The highest BCUT2D eigenvalue weighted by Gasteiger charge is 2.59. The number of rotatable bonds is 2. The second kappa shape index (κ2) is 3.72. The molecule has 2 saturated carbocycles. The number of hydrogen-bond donors (Lipinski definition) is 1. The second-order valence-corrected chi connectivity index (χ2v) is 9.84. The highest BCUT2D eigenvalue weighted by Crippen LogP contribution is 2.62. The molecule has 4 atom stereocenters. The molecule has 2 unspecified atom stereocenters. The Kier molecular flexibility index (Phi) is 2.67. The van der Waals surface area contributed by atoms with Crippen molar-refractivity contribution in [1.82, 2.24) is 5.32 Å². The first-order valence-corrected chi connectivity index (χ1v) is 9.02. The summed E-state index contributed by atoms with van der Waals surface area (Å²) in [4.78, 5) is 0. The molecule has 0 aromatic rings. The SMILES string of the molecule is CC1(C)C(NC2CCS(=O)(=O)C2)[C@]2(C)CC[C@H]1C2. The Morgan fingerprint density at radius 1 is 1.17 bits per heavy atom. The maximum absolute atomic E-state index is 11.6. The predicted octanol–water partition coefficient (Wildman–Crippen LogP) is 1.98. The van der Waals surface area contributed by atoms with E-state index in [-0.39, 0.29) is 6.04 Å². The molecule has 0 aromatic heterocycles. The van der Waals surface area contributed by atoms with E-state index in [2.05, 4.69) is 26.1 Å². The maximum atomic E-state index is 11.6.